The van der Waals surface area contributed by atoms with E-state index in [1.807, 2.05) is 18.2 Å². The molecular weight excluding hydrogens is 286 g/mol. The fourth-order valence-electron chi connectivity index (χ4n) is 3.04. The Labute approximate surface area is 129 Å². The van der Waals surface area contributed by atoms with Crippen LogP contribution in [0.2, 0.25) is 5.02 Å². The van der Waals surface area contributed by atoms with Gasteiger partial charge in [0, 0.05) is 19.0 Å². The molecule has 0 amide bonds. The van der Waals surface area contributed by atoms with Gasteiger partial charge in [0.25, 0.3) is 0 Å². The number of benzene rings is 2. The topological polar surface area (TPSA) is 43.7 Å². The van der Waals surface area contributed by atoms with E-state index in [2.05, 4.69) is 24.1 Å². The van der Waals surface area contributed by atoms with Gasteiger partial charge in [0.1, 0.15) is 0 Å². The number of nitrogens with zero attached hydrogens (tertiary/aromatic N) is 1. The molecule has 110 valence electrons. The molecule has 2 N–H and O–H groups in total. The van der Waals surface area contributed by atoms with E-state index >= 15 is 0 Å². The van der Waals surface area contributed by atoms with Gasteiger partial charge < -0.3 is 15.1 Å². The maximum absolute atomic E-state index is 9.99. The van der Waals surface area contributed by atoms with Gasteiger partial charge in [0.2, 0.25) is 0 Å². The summed E-state index contributed by atoms with van der Waals surface area (Å²) >= 11 is 6.35. The third-order valence-corrected chi connectivity index (χ3v) is 4.53. The van der Waals surface area contributed by atoms with Crippen molar-refractivity contribution in [3.05, 3.63) is 58.1 Å². The fourth-order valence-corrected chi connectivity index (χ4v) is 3.39. The molecule has 1 atom stereocenters. The maximum Gasteiger partial charge on any atom is 0.176 e. The predicted molar refractivity (Wildman–Crippen MR) is 84.3 cm³/mol. The van der Waals surface area contributed by atoms with Gasteiger partial charge in [-0.3, -0.25) is 0 Å². The highest BCUT2D eigenvalue weighted by Gasteiger charge is 2.28. The number of likely N-dealkylation sites (N-methyl/N-ethyl adjacent to an activating group) is 1. The summed E-state index contributed by atoms with van der Waals surface area (Å²) in [5, 5.41) is 20.1. The van der Waals surface area contributed by atoms with E-state index in [4.69, 9.17) is 11.6 Å². The highest BCUT2D eigenvalue weighted by atomic mass is 35.5. The summed E-state index contributed by atoms with van der Waals surface area (Å²) in [6, 6.07) is 11.8. The normalized spacial score (nSPS) is 19.0. The van der Waals surface area contributed by atoms with E-state index in [0.29, 0.717) is 0 Å². The van der Waals surface area contributed by atoms with Crippen LogP contribution < -0.4 is 0 Å². The number of hydrogen-bond acceptors (Lipinski definition) is 3. The van der Waals surface area contributed by atoms with Crippen molar-refractivity contribution in [3.63, 3.8) is 0 Å². The van der Waals surface area contributed by atoms with Gasteiger partial charge in [-0.15, -0.1) is 0 Å². The van der Waals surface area contributed by atoms with Crippen molar-refractivity contribution in [1.29, 1.82) is 0 Å². The smallest absolute Gasteiger partial charge is 0.176 e. The molecule has 0 aromatic heterocycles. The number of phenols is 2. The zero-order chi connectivity index (χ0) is 15.0. The van der Waals surface area contributed by atoms with Crippen molar-refractivity contribution >= 4 is 11.6 Å². The molecule has 0 aliphatic carbocycles. The highest BCUT2D eigenvalue weighted by Crippen LogP contribution is 2.44. The van der Waals surface area contributed by atoms with Gasteiger partial charge in [0.05, 0.1) is 5.02 Å². The minimum Gasteiger partial charge on any atom is -0.504 e. The molecule has 3 nitrogen and oxygen atoms in total. The van der Waals surface area contributed by atoms with Crippen LogP contribution in [0, 0.1) is 0 Å². The van der Waals surface area contributed by atoms with Crippen molar-refractivity contribution in [2.45, 2.75) is 12.3 Å². The van der Waals surface area contributed by atoms with Gasteiger partial charge in [-0.1, -0.05) is 41.9 Å². The molecule has 0 bridgehead atoms. The predicted octanol–water partition coefficient (Wildman–Crippen LogP) is 3.37. The van der Waals surface area contributed by atoms with Gasteiger partial charge in [-0.05, 0) is 36.2 Å². The third-order valence-electron chi connectivity index (χ3n) is 4.15. The van der Waals surface area contributed by atoms with Crippen molar-refractivity contribution in [1.82, 2.24) is 4.90 Å². The minimum atomic E-state index is -0.221. The fraction of sp³-hybridized carbons (Fsp3) is 0.294. The van der Waals surface area contributed by atoms with Crippen LogP contribution in [-0.2, 0) is 6.42 Å². The van der Waals surface area contributed by atoms with Gasteiger partial charge in [-0.2, -0.15) is 0 Å². The SMILES string of the molecule is CN1CCc2cc(O)c(O)c(Cl)c2C(c2ccccc2)C1. The van der Waals surface area contributed by atoms with Crippen LogP contribution >= 0.6 is 11.6 Å². The number of aromatic hydroxyl groups is 2. The third kappa shape index (κ3) is 2.59. The summed E-state index contributed by atoms with van der Waals surface area (Å²) in [5.41, 5.74) is 3.11. The van der Waals surface area contributed by atoms with Crippen molar-refractivity contribution in [2.24, 2.45) is 0 Å². The van der Waals surface area contributed by atoms with Crippen molar-refractivity contribution < 1.29 is 10.2 Å². The molecule has 0 saturated heterocycles. The van der Waals surface area contributed by atoms with E-state index in [1.54, 1.807) is 6.07 Å². The Morgan fingerprint density at radius 2 is 1.90 bits per heavy atom. The first kappa shape index (κ1) is 14.2. The van der Waals surface area contributed by atoms with Crippen molar-refractivity contribution in [3.8, 4) is 11.5 Å². The van der Waals surface area contributed by atoms with Crippen molar-refractivity contribution in [2.75, 3.05) is 20.1 Å². The molecule has 0 fully saturated rings. The molecule has 0 saturated carbocycles. The summed E-state index contributed by atoms with van der Waals surface area (Å²) < 4.78 is 0. The Kier molecular flexibility index (Phi) is 3.79. The van der Waals surface area contributed by atoms with E-state index < -0.39 is 0 Å². The number of hydrogen-bond donors (Lipinski definition) is 2. The van der Waals surface area contributed by atoms with E-state index in [1.165, 1.54) is 5.56 Å². The summed E-state index contributed by atoms with van der Waals surface area (Å²) in [6.07, 6.45) is 0.808. The largest absolute Gasteiger partial charge is 0.504 e. The molecule has 1 unspecified atom stereocenters. The first-order valence-corrected chi connectivity index (χ1v) is 7.42. The van der Waals surface area contributed by atoms with Gasteiger partial charge in [0.15, 0.2) is 11.5 Å². The Hall–Kier alpha value is -1.71. The first-order chi connectivity index (χ1) is 10.1. The van der Waals surface area contributed by atoms with E-state index in [0.717, 1.165) is 30.6 Å². The zero-order valence-electron chi connectivity index (χ0n) is 11.9. The summed E-state index contributed by atoms with van der Waals surface area (Å²) in [5.74, 6) is -0.274. The summed E-state index contributed by atoms with van der Waals surface area (Å²) in [7, 11) is 2.08. The molecule has 4 heteroatoms. The lowest BCUT2D eigenvalue weighted by Gasteiger charge is -2.23. The van der Waals surface area contributed by atoms with Gasteiger partial charge in [-0.25, -0.2) is 0 Å². The average Bonchev–Trinajstić information content (AvgIpc) is 2.65. The molecule has 0 spiro atoms. The number of halogens is 1. The van der Waals surface area contributed by atoms with Crippen LogP contribution in [0.25, 0.3) is 0 Å². The second kappa shape index (κ2) is 5.58. The Balaban J connectivity index is 2.20. The molecule has 2 aromatic rings. The quantitative estimate of drug-likeness (QED) is 0.794. The Bertz CT molecular complexity index is 658. The van der Waals surface area contributed by atoms with Crippen LogP contribution in [0.15, 0.2) is 36.4 Å². The second-order valence-corrected chi connectivity index (χ2v) is 5.98. The van der Waals surface area contributed by atoms with Gasteiger partial charge >= 0.3 is 0 Å². The van der Waals surface area contributed by atoms with Crippen LogP contribution in [-0.4, -0.2) is 35.3 Å². The van der Waals surface area contributed by atoms with Crippen LogP contribution in [0.5, 0.6) is 11.5 Å². The second-order valence-electron chi connectivity index (χ2n) is 5.61. The molecular formula is C17H18ClNO2. The van der Waals surface area contributed by atoms with E-state index in [-0.39, 0.29) is 22.4 Å². The molecule has 21 heavy (non-hydrogen) atoms. The molecule has 1 aliphatic heterocycles. The minimum absolute atomic E-state index is 0.0905. The van der Waals surface area contributed by atoms with E-state index in [9.17, 15) is 10.2 Å². The first-order valence-electron chi connectivity index (χ1n) is 7.04. The lowest BCUT2D eigenvalue weighted by atomic mass is 9.87. The Morgan fingerprint density at radius 3 is 2.62 bits per heavy atom. The lowest BCUT2D eigenvalue weighted by Crippen LogP contribution is -2.24. The summed E-state index contributed by atoms with van der Waals surface area (Å²) in [4.78, 5) is 2.25. The Morgan fingerprint density at radius 1 is 1.19 bits per heavy atom. The average molecular weight is 304 g/mol. The van der Waals surface area contributed by atoms with Crippen LogP contribution in [0.3, 0.4) is 0 Å². The molecule has 2 aromatic carbocycles. The van der Waals surface area contributed by atoms with Crippen LogP contribution in [0.4, 0.5) is 0 Å². The molecule has 3 rings (SSSR count). The number of fused-ring (bicyclic) bond motifs is 1. The van der Waals surface area contributed by atoms with Crippen LogP contribution in [0.1, 0.15) is 22.6 Å². The lowest BCUT2D eigenvalue weighted by molar-refractivity contribution is 0.338. The standard InChI is InChI=1S/C17H18ClNO2/c1-19-8-7-12-9-14(20)17(21)16(18)15(12)13(10-19)11-5-3-2-4-6-11/h2-6,9,13,20-21H,7-8,10H2,1H3. The monoisotopic (exact) mass is 303 g/mol. The number of phenolic OH excluding ortho intramolecular Hbond substituents is 2. The zero-order valence-corrected chi connectivity index (χ0v) is 12.6. The summed E-state index contributed by atoms with van der Waals surface area (Å²) in [6.45, 7) is 1.73. The number of rotatable bonds is 1. The highest BCUT2D eigenvalue weighted by molar-refractivity contribution is 6.33. The molecule has 0 radical (unpaired) electrons. The molecule has 1 aliphatic rings. The maximum atomic E-state index is 9.99. The molecule has 1 heterocycles.